The first-order valence-corrected chi connectivity index (χ1v) is 6.13. The van der Waals surface area contributed by atoms with E-state index in [1.807, 2.05) is 0 Å². The molecule has 1 heteroatoms. The van der Waals surface area contributed by atoms with Gasteiger partial charge < -0.3 is 0 Å². The Morgan fingerprint density at radius 3 is 2.62 bits per heavy atom. The van der Waals surface area contributed by atoms with Crippen molar-refractivity contribution in [2.24, 2.45) is 5.92 Å². The third-order valence-corrected chi connectivity index (χ3v) is 3.94. The van der Waals surface area contributed by atoms with Crippen LogP contribution in [0.2, 0.25) is 0 Å². The number of rotatable bonds is 0. The number of fused-ring (bicyclic) bond motifs is 1. The SMILES string of the molecule is Cc1ccc2c(c1)C(C)C(C#N)CCC2C. The van der Waals surface area contributed by atoms with E-state index in [1.165, 1.54) is 16.7 Å². The second-order valence-corrected chi connectivity index (χ2v) is 5.14. The third-order valence-electron chi connectivity index (χ3n) is 3.94. The zero-order valence-corrected chi connectivity index (χ0v) is 10.3. The standard InChI is InChI=1S/C15H19N/c1-10-4-7-14-11(2)5-6-13(9-16)12(3)15(14)8-10/h4,7-8,11-13H,5-6H2,1-3H3. The van der Waals surface area contributed by atoms with Crippen LogP contribution in [0.3, 0.4) is 0 Å². The van der Waals surface area contributed by atoms with E-state index in [4.69, 9.17) is 0 Å². The van der Waals surface area contributed by atoms with E-state index in [2.05, 4.69) is 45.0 Å². The molecule has 1 aliphatic carbocycles. The molecule has 0 saturated heterocycles. The van der Waals surface area contributed by atoms with Crippen LogP contribution in [0.5, 0.6) is 0 Å². The quantitative estimate of drug-likeness (QED) is 0.594. The van der Waals surface area contributed by atoms with Crippen molar-refractivity contribution in [3.8, 4) is 6.07 Å². The molecule has 0 bridgehead atoms. The highest BCUT2D eigenvalue weighted by Crippen LogP contribution is 2.39. The average molecular weight is 213 g/mol. The van der Waals surface area contributed by atoms with Crippen molar-refractivity contribution >= 4 is 0 Å². The molecule has 16 heavy (non-hydrogen) atoms. The van der Waals surface area contributed by atoms with Gasteiger partial charge in [0.15, 0.2) is 0 Å². The van der Waals surface area contributed by atoms with Crippen LogP contribution in [0.1, 0.15) is 55.2 Å². The van der Waals surface area contributed by atoms with E-state index in [9.17, 15) is 5.26 Å². The maximum absolute atomic E-state index is 9.22. The molecule has 0 heterocycles. The highest BCUT2D eigenvalue weighted by Gasteiger charge is 2.27. The van der Waals surface area contributed by atoms with Gasteiger partial charge in [0.1, 0.15) is 0 Å². The zero-order chi connectivity index (χ0) is 11.7. The van der Waals surface area contributed by atoms with Crippen LogP contribution in [-0.2, 0) is 0 Å². The molecule has 0 aliphatic heterocycles. The first-order chi connectivity index (χ1) is 7.63. The normalized spacial score (nSPS) is 29.0. The number of hydrogen-bond donors (Lipinski definition) is 0. The molecule has 1 aromatic rings. The van der Waals surface area contributed by atoms with Gasteiger partial charge in [0.05, 0.1) is 12.0 Å². The van der Waals surface area contributed by atoms with Gasteiger partial charge in [-0.1, -0.05) is 37.6 Å². The van der Waals surface area contributed by atoms with E-state index in [0.29, 0.717) is 11.8 Å². The predicted octanol–water partition coefficient (Wildman–Crippen LogP) is 4.14. The summed E-state index contributed by atoms with van der Waals surface area (Å²) < 4.78 is 0. The van der Waals surface area contributed by atoms with Crippen LogP contribution >= 0.6 is 0 Å². The van der Waals surface area contributed by atoms with Crippen LogP contribution in [0, 0.1) is 24.2 Å². The van der Waals surface area contributed by atoms with Crippen molar-refractivity contribution < 1.29 is 0 Å². The summed E-state index contributed by atoms with van der Waals surface area (Å²) >= 11 is 0. The van der Waals surface area contributed by atoms with E-state index in [-0.39, 0.29) is 5.92 Å². The molecule has 0 aromatic heterocycles. The lowest BCUT2D eigenvalue weighted by Gasteiger charge is -2.18. The van der Waals surface area contributed by atoms with Crippen molar-refractivity contribution in [1.82, 2.24) is 0 Å². The molecule has 0 amide bonds. The fraction of sp³-hybridized carbons (Fsp3) is 0.533. The minimum absolute atomic E-state index is 0.186. The van der Waals surface area contributed by atoms with Gasteiger partial charge in [-0.2, -0.15) is 5.26 Å². The fourth-order valence-electron chi connectivity index (χ4n) is 2.77. The Hall–Kier alpha value is -1.29. The number of nitrogens with zero attached hydrogens (tertiary/aromatic N) is 1. The maximum Gasteiger partial charge on any atom is 0.0662 e. The second-order valence-electron chi connectivity index (χ2n) is 5.14. The van der Waals surface area contributed by atoms with Gasteiger partial charge in [-0.05, 0) is 42.7 Å². The fourth-order valence-corrected chi connectivity index (χ4v) is 2.77. The maximum atomic E-state index is 9.22. The Labute approximate surface area is 98.1 Å². The number of hydrogen-bond acceptors (Lipinski definition) is 1. The van der Waals surface area contributed by atoms with Gasteiger partial charge in [-0.25, -0.2) is 0 Å². The molecule has 2 rings (SSSR count). The van der Waals surface area contributed by atoms with Gasteiger partial charge in [0, 0.05) is 0 Å². The Kier molecular flexibility index (Phi) is 3.01. The Morgan fingerprint density at radius 1 is 1.19 bits per heavy atom. The van der Waals surface area contributed by atoms with Gasteiger partial charge in [-0.3, -0.25) is 0 Å². The average Bonchev–Trinajstić information content (AvgIpc) is 2.39. The summed E-state index contributed by atoms with van der Waals surface area (Å²) in [5, 5.41) is 9.22. The topological polar surface area (TPSA) is 23.8 Å². The lowest BCUT2D eigenvalue weighted by molar-refractivity contribution is 0.500. The minimum Gasteiger partial charge on any atom is -0.198 e. The Balaban J connectivity index is 2.51. The molecule has 0 spiro atoms. The molecule has 0 radical (unpaired) electrons. The number of benzene rings is 1. The Bertz CT molecular complexity index is 428. The summed E-state index contributed by atoms with van der Waals surface area (Å²) in [5.41, 5.74) is 4.16. The summed E-state index contributed by atoms with van der Waals surface area (Å²) in [5.74, 6) is 1.16. The summed E-state index contributed by atoms with van der Waals surface area (Å²) in [7, 11) is 0. The van der Waals surface area contributed by atoms with E-state index in [0.717, 1.165) is 12.8 Å². The highest BCUT2D eigenvalue weighted by molar-refractivity contribution is 5.38. The van der Waals surface area contributed by atoms with E-state index >= 15 is 0 Å². The number of nitriles is 1. The van der Waals surface area contributed by atoms with Crippen molar-refractivity contribution in [3.63, 3.8) is 0 Å². The van der Waals surface area contributed by atoms with Crippen LogP contribution < -0.4 is 0 Å². The van der Waals surface area contributed by atoms with Crippen molar-refractivity contribution in [3.05, 3.63) is 34.9 Å². The summed E-state index contributed by atoms with van der Waals surface area (Å²) in [4.78, 5) is 0. The lowest BCUT2D eigenvalue weighted by Crippen LogP contribution is -2.07. The predicted molar refractivity (Wildman–Crippen MR) is 66.3 cm³/mol. The van der Waals surface area contributed by atoms with Gasteiger partial charge in [0.25, 0.3) is 0 Å². The largest absolute Gasteiger partial charge is 0.198 e. The van der Waals surface area contributed by atoms with Crippen molar-refractivity contribution in [2.45, 2.75) is 45.4 Å². The van der Waals surface area contributed by atoms with Crippen molar-refractivity contribution in [1.29, 1.82) is 5.26 Å². The molecular weight excluding hydrogens is 194 g/mol. The smallest absolute Gasteiger partial charge is 0.0662 e. The molecule has 3 atom stereocenters. The van der Waals surface area contributed by atoms with Crippen LogP contribution in [-0.4, -0.2) is 0 Å². The molecular formula is C15H19N. The molecule has 0 N–H and O–H groups in total. The van der Waals surface area contributed by atoms with Crippen molar-refractivity contribution in [2.75, 3.05) is 0 Å². The molecule has 1 nitrogen and oxygen atoms in total. The zero-order valence-electron chi connectivity index (χ0n) is 10.3. The monoisotopic (exact) mass is 213 g/mol. The van der Waals surface area contributed by atoms with Crippen LogP contribution in [0.4, 0.5) is 0 Å². The lowest BCUT2D eigenvalue weighted by atomic mass is 9.85. The number of aryl methyl sites for hydroxylation is 1. The molecule has 3 unspecified atom stereocenters. The van der Waals surface area contributed by atoms with Crippen LogP contribution in [0.25, 0.3) is 0 Å². The van der Waals surface area contributed by atoms with Gasteiger partial charge >= 0.3 is 0 Å². The third kappa shape index (κ3) is 1.85. The minimum atomic E-state index is 0.186. The van der Waals surface area contributed by atoms with Gasteiger partial charge in [0.2, 0.25) is 0 Å². The molecule has 84 valence electrons. The summed E-state index contributed by atoms with van der Waals surface area (Å²) in [6, 6.07) is 9.19. The Morgan fingerprint density at radius 2 is 1.94 bits per heavy atom. The van der Waals surface area contributed by atoms with E-state index < -0.39 is 0 Å². The molecule has 0 fully saturated rings. The first-order valence-electron chi connectivity index (χ1n) is 6.13. The first kappa shape index (κ1) is 11.2. The van der Waals surface area contributed by atoms with Gasteiger partial charge in [-0.15, -0.1) is 0 Å². The highest BCUT2D eigenvalue weighted by atomic mass is 14.3. The molecule has 0 saturated carbocycles. The molecule has 1 aromatic carbocycles. The van der Waals surface area contributed by atoms with Crippen LogP contribution in [0.15, 0.2) is 18.2 Å². The summed E-state index contributed by atoms with van der Waals surface area (Å²) in [6.07, 6.45) is 2.17. The summed E-state index contributed by atoms with van der Waals surface area (Å²) in [6.45, 7) is 6.61. The molecule has 1 aliphatic rings. The van der Waals surface area contributed by atoms with E-state index in [1.54, 1.807) is 0 Å². The second kappa shape index (κ2) is 4.29.